The normalized spacial score (nSPS) is 11.1. The molecule has 6 nitrogen and oxygen atoms in total. The monoisotopic (exact) mass is 333 g/mol. The largest absolute Gasteiger partial charge is 0.419 e. The summed E-state index contributed by atoms with van der Waals surface area (Å²) >= 11 is 0. The van der Waals surface area contributed by atoms with Crippen molar-refractivity contribution >= 4 is 33.6 Å². The Morgan fingerprint density at radius 3 is 2.88 bits per heavy atom. The van der Waals surface area contributed by atoms with Gasteiger partial charge in [-0.1, -0.05) is 12.1 Å². The summed E-state index contributed by atoms with van der Waals surface area (Å²) in [6.45, 7) is 1.96. The molecule has 6 heteroatoms. The van der Waals surface area contributed by atoms with E-state index < -0.39 is 5.76 Å². The van der Waals surface area contributed by atoms with Gasteiger partial charge in [0.25, 0.3) is 5.91 Å². The van der Waals surface area contributed by atoms with Gasteiger partial charge in [0.15, 0.2) is 5.58 Å². The Balaban J connectivity index is 1.82. The Morgan fingerprint density at radius 2 is 2.04 bits per heavy atom. The molecule has 0 unspecified atom stereocenters. The van der Waals surface area contributed by atoms with E-state index in [1.54, 1.807) is 31.4 Å². The molecule has 0 aliphatic rings. The van der Waals surface area contributed by atoms with Crippen molar-refractivity contribution in [2.24, 2.45) is 7.05 Å². The summed E-state index contributed by atoms with van der Waals surface area (Å²) in [5.41, 5.74) is 3.50. The number of nitrogens with zero attached hydrogens (tertiary/aromatic N) is 2. The highest BCUT2D eigenvalue weighted by Crippen LogP contribution is 2.25. The number of benzene rings is 2. The standard InChI is InChI=1S/C19H15N3O3/c1-11-9-12-5-4-8-20-16(12)14(10-11)21-18(23)13-6-3-7-15-17(13)25-19(24)22(15)2/h3-10H,1-2H3,(H,21,23). The van der Waals surface area contributed by atoms with Gasteiger partial charge in [0.1, 0.15) is 0 Å². The van der Waals surface area contributed by atoms with Crippen LogP contribution in [-0.2, 0) is 7.05 Å². The van der Waals surface area contributed by atoms with Gasteiger partial charge in [0.05, 0.1) is 22.3 Å². The lowest BCUT2D eigenvalue weighted by molar-refractivity contribution is 0.102. The van der Waals surface area contributed by atoms with Crippen molar-refractivity contribution in [1.29, 1.82) is 0 Å². The minimum atomic E-state index is -0.502. The first-order valence-corrected chi connectivity index (χ1v) is 7.80. The molecule has 2 heterocycles. The summed E-state index contributed by atoms with van der Waals surface area (Å²) in [5.74, 6) is -0.851. The van der Waals surface area contributed by atoms with Crippen LogP contribution < -0.4 is 11.1 Å². The number of anilines is 1. The summed E-state index contributed by atoms with van der Waals surface area (Å²) in [7, 11) is 1.60. The Labute approximate surface area is 142 Å². The average Bonchev–Trinajstić information content (AvgIpc) is 2.89. The van der Waals surface area contributed by atoms with Crippen LogP contribution in [-0.4, -0.2) is 15.5 Å². The molecule has 4 aromatic rings. The van der Waals surface area contributed by atoms with Crippen LogP contribution >= 0.6 is 0 Å². The van der Waals surface area contributed by atoms with Gasteiger partial charge in [-0.3, -0.25) is 14.3 Å². The SMILES string of the molecule is Cc1cc(NC(=O)c2cccc3c2oc(=O)n3C)c2ncccc2c1. The van der Waals surface area contributed by atoms with E-state index in [4.69, 9.17) is 4.42 Å². The summed E-state index contributed by atoms with van der Waals surface area (Å²) in [6.07, 6.45) is 1.68. The van der Waals surface area contributed by atoms with E-state index in [0.29, 0.717) is 22.3 Å². The molecule has 0 saturated carbocycles. The third-order valence-electron chi connectivity index (χ3n) is 4.16. The fourth-order valence-corrected chi connectivity index (χ4v) is 2.96. The maximum Gasteiger partial charge on any atom is 0.419 e. The van der Waals surface area contributed by atoms with Crippen molar-refractivity contribution in [3.8, 4) is 0 Å². The third kappa shape index (κ3) is 2.48. The number of aryl methyl sites for hydroxylation is 2. The van der Waals surface area contributed by atoms with E-state index in [2.05, 4.69) is 10.3 Å². The Hall–Kier alpha value is -3.41. The predicted molar refractivity (Wildman–Crippen MR) is 95.9 cm³/mol. The molecule has 0 aliphatic carbocycles. The second-order valence-corrected chi connectivity index (χ2v) is 5.92. The van der Waals surface area contributed by atoms with Gasteiger partial charge in [0, 0.05) is 18.6 Å². The summed E-state index contributed by atoms with van der Waals surface area (Å²) in [6, 6.07) is 12.8. The fourth-order valence-electron chi connectivity index (χ4n) is 2.96. The van der Waals surface area contributed by atoms with Crippen LogP contribution in [0, 0.1) is 6.92 Å². The average molecular weight is 333 g/mol. The number of para-hydroxylation sites is 1. The van der Waals surface area contributed by atoms with E-state index in [1.165, 1.54) is 4.57 Å². The number of nitrogens with one attached hydrogen (secondary N) is 1. The van der Waals surface area contributed by atoms with E-state index in [1.807, 2.05) is 31.2 Å². The zero-order chi connectivity index (χ0) is 17.6. The number of hydrogen-bond acceptors (Lipinski definition) is 4. The van der Waals surface area contributed by atoms with Crippen LogP contribution in [0.2, 0.25) is 0 Å². The molecule has 0 radical (unpaired) electrons. The number of carbonyl (C=O) groups excluding carboxylic acids is 1. The third-order valence-corrected chi connectivity index (χ3v) is 4.16. The maximum absolute atomic E-state index is 12.8. The molecule has 124 valence electrons. The molecule has 0 fully saturated rings. The van der Waals surface area contributed by atoms with Crippen molar-refractivity contribution in [1.82, 2.24) is 9.55 Å². The molecule has 1 N–H and O–H groups in total. The molecule has 0 atom stereocenters. The number of pyridine rings is 1. The van der Waals surface area contributed by atoms with E-state index >= 15 is 0 Å². The number of carbonyl (C=O) groups is 1. The molecule has 0 spiro atoms. The molecule has 1 amide bonds. The van der Waals surface area contributed by atoms with Crippen LogP contribution in [0.1, 0.15) is 15.9 Å². The highest BCUT2D eigenvalue weighted by molar-refractivity contribution is 6.13. The highest BCUT2D eigenvalue weighted by Gasteiger charge is 2.17. The maximum atomic E-state index is 12.8. The van der Waals surface area contributed by atoms with Crippen LogP contribution in [0.3, 0.4) is 0 Å². The summed E-state index contributed by atoms with van der Waals surface area (Å²) in [4.78, 5) is 28.9. The summed E-state index contributed by atoms with van der Waals surface area (Å²) in [5, 5.41) is 3.84. The molecular weight excluding hydrogens is 318 g/mol. The Morgan fingerprint density at radius 1 is 1.20 bits per heavy atom. The Bertz CT molecular complexity index is 1190. The topological polar surface area (TPSA) is 77.1 Å². The molecule has 0 bridgehead atoms. The fraction of sp³-hybridized carbons (Fsp3) is 0.105. The van der Waals surface area contributed by atoms with Crippen molar-refractivity contribution in [3.63, 3.8) is 0 Å². The number of fused-ring (bicyclic) bond motifs is 2. The lowest BCUT2D eigenvalue weighted by Crippen LogP contribution is -2.13. The first kappa shape index (κ1) is 15.1. The molecule has 4 rings (SSSR count). The van der Waals surface area contributed by atoms with Crippen molar-refractivity contribution in [2.75, 3.05) is 5.32 Å². The smallest absolute Gasteiger partial charge is 0.407 e. The van der Waals surface area contributed by atoms with Gasteiger partial charge in [-0.25, -0.2) is 4.79 Å². The number of rotatable bonds is 2. The number of aromatic nitrogens is 2. The molecule has 0 saturated heterocycles. The lowest BCUT2D eigenvalue weighted by Gasteiger charge is -2.09. The van der Waals surface area contributed by atoms with Crippen molar-refractivity contribution < 1.29 is 9.21 Å². The van der Waals surface area contributed by atoms with E-state index in [9.17, 15) is 9.59 Å². The van der Waals surface area contributed by atoms with Crippen LogP contribution in [0.25, 0.3) is 22.0 Å². The molecule has 2 aromatic carbocycles. The van der Waals surface area contributed by atoms with Crippen LogP contribution in [0.5, 0.6) is 0 Å². The quantitative estimate of drug-likeness (QED) is 0.611. The second-order valence-electron chi connectivity index (χ2n) is 5.92. The predicted octanol–water partition coefficient (Wildman–Crippen LogP) is 3.24. The van der Waals surface area contributed by atoms with Gasteiger partial charge in [-0.15, -0.1) is 0 Å². The van der Waals surface area contributed by atoms with E-state index in [-0.39, 0.29) is 11.5 Å². The molecule has 25 heavy (non-hydrogen) atoms. The first-order valence-electron chi connectivity index (χ1n) is 7.80. The zero-order valence-electron chi connectivity index (χ0n) is 13.7. The van der Waals surface area contributed by atoms with Crippen LogP contribution in [0.15, 0.2) is 57.9 Å². The zero-order valence-corrected chi connectivity index (χ0v) is 13.7. The minimum absolute atomic E-state index is 0.275. The van der Waals surface area contributed by atoms with Crippen LogP contribution in [0.4, 0.5) is 5.69 Å². The second kappa shape index (κ2) is 5.59. The Kier molecular flexibility index (Phi) is 3.39. The highest BCUT2D eigenvalue weighted by atomic mass is 16.4. The van der Waals surface area contributed by atoms with Gasteiger partial charge >= 0.3 is 5.76 Å². The number of amides is 1. The van der Waals surface area contributed by atoms with Gasteiger partial charge in [0.2, 0.25) is 0 Å². The molecular formula is C19H15N3O3. The van der Waals surface area contributed by atoms with Crippen molar-refractivity contribution in [2.45, 2.75) is 6.92 Å². The first-order chi connectivity index (χ1) is 12.0. The van der Waals surface area contributed by atoms with E-state index in [0.717, 1.165) is 10.9 Å². The van der Waals surface area contributed by atoms with Gasteiger partial charge in [-0.2, -0.15) is 0 Å². The minimum Gasteiger partial charge on any atom is -0.407 e. The molecule has 2 aromatic heterocycles. The molecule has 0 aliphatic heterocycles. The number of hydrogen-bond donors (Lipinski definition) is 1. The van der Waals surface area contributed by atoms with Crippen molar-refractivity contribution in [3.05, 3.63) is 70.3 Å². The van der Waals surface area contributed by atoms with Gasteiger partial charge < -0.3 is 9.73 Å². The summed E-state index contributed by atoms with van der Waals surface area (Å²) < 4.78 is 6.60. The number of oxazole rings is 1. The lowest BCUT2D eigenvalue weighted by atomic mass is 10.1. The van der Waals surface area contributed by atoms with Gasteiger partial charge in [-0.05, 0) is 42.8 Å².